The molecule has 0 aromatic carbocycles. The number of hydrogen-bond donors (Lipinski definition) is 1. The molecule has 2 fully saturated rings. The van der Waals surface area contributed by atoms with Crippen LogP contribution in [0.2, 0.25) is 0 Å². The summed E-state index contributed by atoms with van der Waals surface area (Å²) < 4.78 is 11.4. The number of thioether (sulfide) groups is 1. The molecule has 5 heteroatoms. The maximum Gasteiger partial charge on any atom is 0.307 e. The summed E-state index contributed by atoms with van der Waals surface area (Å²) in [5.74, 6) is -0.258. The summed E-state index contributed by atoms with van der Waals surface area (Å²) in [6.45, 7) is 4.17. The van der Waals surface area contributed by atoms with Crippen molar-refractivity contribution in [2.45, 2.75) is 43.5 Å². The van der Waals surface area contributed by atoms with Gasteiger partial charge in [-0.3, -0.25) is 4.79 Å². The monoisotopic (exact) mass is 274 g/mol. The average molecular weight is 274 g/mol. The van der Waals surface area contributed by atoms with Gasteiger partial charge in [-0.2, -0.15) is 11.8 Å². The largest absolute Gasteiger partial charge is 0.481 e. The second kappa shape index (κ2) is 6.26. The van der Waals surface area contributed by atoms with E-state index in [9.17, 15) is 4.79 Å². The zero-order valence-electron chi connectivity index (χ0n) is 10.9. The highest BCUT2D eigenvalue weighted by Crippen LogP contribution is 2.38. The lowest BCUT2D eigenvalue weighted by atomic mass is 9.86. The molecular weight excluding hydrogens is 252 g/mol. The molecule has 2 rings (SSSR count). The first-order valence-corrected chi connectivity index (χ1v) is 7.72. The fourth-order valence-electron chi connectivity index (χ4n) is 2.57. The van der Waals surface area contributed by atoms with Gasteiger partial charge in [-0.1, -0.05) is 6.92 Å². The van der Waals surface area contributed by atoms with Crippen molar-refractivity contribution in [3.05, 3.63) is 0 Å². The van der Waals surface area contributed by atoms with Crippen molar-refractivity contribution in [1.29, 1.82) is 0 Å². The molecule has 2 aliphatic rings. The average Bonchev–Trinajstić information content (AvgIpc) is 2.37. The molecule has 2 aliphatic heterocycles. The van der Waals surface area contributed by atoms with Crippen LogP contribution in [0.15, 0.2) is 0 Å². The van der Waals surface area contributed by atoms with Gasteiger partial charge in [0.2, 0.25) is 0 Å². The molecule has 0 amide bonds. The summed E-state index contributed by atoms with van der Waals surface area (Å²) in [6, 6.07) is 0. The van der Waals surface area contributed by atoms with Gasteiger partial charge in [0.1, 0.15) is 0 Å². The van der Waals surface area contributed by atoms with Crippen molar-refractivity contribution >= 4 is 17.7 Å². The van der Waals surface area contributed by atoms with Crippen molar-refractivity contribution in [3.63, 3.8) is 0 Å². The Morgan fingerprint density at radius 1 is 1.44 bits per heavy atom. The van der Waals surface area contributed by atoms with E-state index in [0.29, 0.717) is 11.0 Å². The highest BCUT2D eigenvalue weighted by molar-refractivity contribution is 7.99. The lowest BCUT2D eigenvalue weighted by Crippen LogP contribution is -2.45. The summed E-state index contributed by atoms with van der Waals surface area (Å²) >= 11 is 1.80. The normalized spacial score (nSPS) is 29.1. The van der Waals surface area contributed by atoms with Crippen molar-refractivity contribution in [3.8, 4) is 0 Å². The molecule has 18 heavy (non-hydrogen) atoms. The van der Waals surface area contributed by atoms with Crippen molar-refractivity contribution in [2.24, 2.45) is 5.92 Å². The highest BCUT2D eigenvalue weighted by Gasteiger charge is 2.39. The van der Waals surface area contributed by atoms with Gasteiger partial charge in [-0.25, -0.2) is 0 Å². The zero-order valence-corrected chi connectivity index (χ0v) is 11.7. The molecule has 1 spiro atoms. The molecule has 0 radical (unpaired) electrons. The number of aliphatic carboxylic acids is 1. The van der Waals surface area contributed by atoms with E-state index >= 15 is 0 Å². The smallest absolute Gasteiger partial charge is 0.307 e. The molecule has 2 heterocycles. The molecule has 4 nitrogen and oxygen atoms in total. The Labute approximate surface area is 112 Å². The second-order valence-electron chi connectivity index (χ2n) is 5.33. The molecule has 2 atom stereocenters. The Morgan fingerprint density at radius 2 is 2.17 bits per heavy atom. The summed E-state index contributed by atoms with van der Waals surface area (Å²) in [5, 5.41) is 9.44. The number of rotatable bonds is 4. The summed E-state index contributed by atoms with van der Waals surface area (Å²) in [5.41, 5.74) is 0.0145. The number of carbonyl (C=O) groups is 1. The first-order valence-electron chi connectivity index (χ1n) is 6.67. The lowest BCUT2D eigenvalue weighted by Gasteiger charge is -2.43. The minimum Gasteiger partial charge on any atom is -0.481 e. The van der Waals surface area contributed by atoms with Crippen LogP contribution >= 0.6 is 11.8 Å². The highest BCUT2D eigenvalue weighted by atomic mass is 32.2. The predicted octanol–water partition coefficient (Wildman–Crippen LogP) is 2.17. The fourth-order valence-corrected chi connectivity index (χ4v) is 3.96. The summed E-state index contributed by atoms with van der Waals surface area (Å²) in [4.78, 5) is 10.8. The van der Waals surface area contributed by atoms with E-state index in [0.717, 1.165) is 45.5 Å². The molecule has 2 saturated heterocycles. The Hall–Kier alpha value is -0.260. The van der Waals surface area contributed by atoms with E-state index in [1.54, 1.807) is 18.7 Å². The van der Waals surface area contributed by atoms with Crippen LogP contribution in [-0.4, -0.2) is 47.5 Å². The van der Waals surface area contributed by atoms with Crippen molar-refractivity contribution in [1.82, 2.24) is 0 Å². The minimum atomic E-state index is -0.699. The molecule has 0 bridgehead atoms. The van der Waals surface area contributed by atoms with E-state index in [2.05, 4.69) is 0 Å². The van der Waals surface area contributed by atoms with Crippen LogP contribution in [0.1, 0.15) is 32.6 Å². The Bertz CT molecular complexity index is 283. The Kier molecular flexibility index (Phi) is 4.92. The van der Waals surface area contributed by atoms with Gasteiger partial charge in [0.15, 0.2) is 0 Å². The summed E-state index contributed by atoms with van der Waals surface area (Å²) in [7, 11) is 0. The third-order valence-corrected chi connectivity index (χ3v) is 5.42. The van der Waals surface area contributed by atoms with Gasteiger partial charge >= 0.3 is 5.97 Å². The SMILES string of the molecule is CC(CSC1CCOC2(CCOCC2)C1)C(=O)O. The Morgan fingerprint density at radius 3 is 2.83 bits per heavy atom. The third-order valence-electron chi connectivity index (χ3n) is 3.86. The first-order chi connectivity index (χ1) is 8.61. The van der Waals surface area contributed by atoms with E-state index in [-0.39, 0.29) is 11.5 Å². The van der Waals surface area contributed by atoms with E-state index < -0.39 is 5.97 Å². The molecular formula is C13H22O4S. The molecule has 0 aliphatic carbocycles. The molecule has 0 aromatic heterocycles. The predicted molar refractivity (Wildman–Crippen MR) is 71.0 cm³/mol. The molecule has 2 unspecified atom stereocenters. The van der Waals surface area contributed by atoms with Gasteiger partial charge in [0, 0.05) is 30.8 Å². The number of hydrogen-bond acceptors (Lipinski definition) is 4. The van der Waals surface area contributed by atoms with Crippen LogP contribution in [0.4, 0.5) is 0 Å². The van der Waals surface area contributed by atoms with Gasteiger partial charge in [0.25, 0.3) is 0 Å². The quantitative estimate of drug-likeness (QED) is 0.851. The molecule has 104 valence electrons. The van der Waals surface area contributed by atoms with Gasteiger partial charge in [-0.15, -0.1) is 0 Å². The van der Waals surface area contributed by atoms with Crippen molar-refractivity contribution in [2.75, 3.05) is 25.6 Å². The van der Waals surface area contributed by atoms with Gasteiger partial charge < -0.3 is 14.6 Å². The van der Waals surface area contributed by atoms with Crippen LogP contribution in [0, 0.1) is 5.92 Å². The second-order valence-corrected chi connectivity index (χ2v) is 6.66. The van der Waals surface area contributed by atoms with E-state index in [1.807, 2.05) is 0 Å². The van der Waals surface area contributed by atoms with Crippen LogP contribution < -0.4 is 0 Å². The maximum atomic E-state index is 10.8. The number of ether oxygens (including phenoxy) is 2. The fraction of sp³-hybridized carbons (Fsp3) is 0.923. The zero-order chi connectivity index (χ0) is 13.0. The van der Waals surface area contributed by atoms with E-state index in [1.165, 1.54) is 0 Å². The van der Waals surface area contributed by atoms with Gasteiger partial charge in [-0.05, 0) is 25.7 Å². The van der Waals surface area contributed by atoms with Gasteiger partial charge in [0.05, 0.1) is 11.5 Å². The minimum absolute atomic E-state index is 0.0145. The first kappa shape index (κ1) is 14.2. The van der Waals surface area contributed by atoms with Crippen LogP contribution in [0.3, 0.4) is 0 Å². The summed E-state index contributed by atoms with van der Waals surface area (Å²) in [6.07, 6.45) is 4.06. The van der Waals surface area contributed by atoms with Crippen molar-refractivity contribution < 1.29 is 19.4 Å². The standard InChI is InChI=1S/C13H22O4S/c1-10(12(14)15)9-18-11-2-5-17-13(8-11)3-6-16-7-4-13/h10-11H,2-9H2,1H3,(H,14,15). The number of carboxylic acid groups (broad SMARTS) is 1. The molecule has 0 aromatic rings. The maximum absolute atomic E-state index is 10.8. The van der Waals surface area contributed by atoms with E-state index in [4.69, 9.17) is 14.6 Å². The lowest BCUT2D eigenvalue weighted by molar-refractivity contribution is -0.140. The Balaban J connectivity index is 1.81. The van der Waals surface area contributed by atoms with Crippen LogP contribution in [0.25, 0.3) is 0 Å². The third kappa shape index (κ3) is 3.62. The topological polar surface area (TPSA) is 55.8 Å². The number of carboxylic acids is 1. The van der Waals surface area contributed by atoms with Crippen LogP contribution in [-0.2, 0) is 14.3 Å². The molecule has 1 N–H and O–H groups in total. The van der Waals surface area contributed by atoms with Crippen LogP contribution in [0.5, 0.6) is 0 Å². The molecule has 0 saturated carbocycles.